The number of rotatable bonds is 13. The number of aliphatic hydroxyl groups is 3. The molecule has 2 atom stereocenters. The molecule has 0 amide bonds. The standard InChI is InChI=1S/C40H56O3/c1-30(18-13-20-32(3)21-15-23-34(5)25-27-38(42)40(9,10)43)16-11-12-17-31(2)19-14-22-33(4)24-26-37-35(6)28-36(41)29-39(37,7)8/h11-27,36,38,41-43H,28-29H2,1-10H3/b12-11+,18-13+,19-14+,21-15+,26-24+,27-25+,30-16+,31-17+,32-20+,33-22+,34-23+. The number of aliphatic hydroxyl groups excluding tert-OH is 2. The summed E-state index contributed by atoms with van der Waals surface area (Å²) in [5.41, 5.74) is 7.10. The Morgan fingerprint density at radius 3 is 1.53 bits per heavy atom. The summed E-state index contributed by atoms with van der Waals surface area (Å²) in [7, 11) is 0. The molecular formula is C40H56O3. The van der Waals surface area contributed by atoms with Gasteiger partial charge in [-0.05, 0) is 79.2 Å². The summed E-state index contributed by atoms with van der Waals surface area (Å²) >= 11 is 0. The molecule has 1 rings (SSSR count). The van der Waals surface area contributed by atoms with Gasteiger partial charge in [0.2, 0.25) is 0 Å². The van der Waals surface area contributed by atoms with E-state index in [1.807, 2.05) is 50.3 Å². The SMILES string of the molecule is CC1=C(/C=C/C(C)=C/C=C/C(C)=C/C=C/C=C(C)/C=C/C=C(C)/C=C/C=C(C)/C=C/C(O)C(C)(C)O)C(C)(C)CC(O)C1. The van der Waals surface area contributed by atoms with Gasteiger partial charge in [-0.1, -0.05) is 151 Å². The second-order valence-electron chi connectivity index (χ2n) is 12.9. The Balaban J connectivity index is 2.63. The Kier molecular flexibility index (Phi) is 16.2. The van der Waals surface area contributed by atoms with Crippen molar-refractivity contribution in [2.24, 2.45) is 5.41 Å². The van der Waals surface area contributed by atoms with Crippen molar-refractivity contribution in [3.05, 3.63) is 142 Å². The monoisotopic (exact) mass is 584 g/mol. The summed E-state index contributed by atoms with van der Waals surface area (Å²) in [6.07, 6.45) is 35.0. The van der Waals surface area contributed by atoms with E-state index in [-0.39, 0.29) is 11.5 Å². The molecular weight excluding hydrogens is 528 g/mol. The van der Waals surface area contributed by atoms with Crippen molar-refractivity contribution in [3.63, 3.8) is 0 Å². The molecule has 0 aromatic heterocycles. The van der Waals surface area contributed by atoms with Gasteiger partial charge in [-0.2, -0.15) is 0 Å². The van der Waals surface area contributed by atoms with Gasteiger partial charge in [0.1, 0.15) is 6.10 Å². The Labute approximate surface area is 262 Å². The van der Waals surface area contributed by atoms with Crippen LogP contribution < -0.4 is 0 Å². The largest absolute Gasteiger partial charge is 0.393 e. The van der Waals surface area contributed by atoms with Gasteiger partial charge in [-0.3, -0.25) is 0 Å². The first-order chi connectivity index (χ1) is 20.0. The van der Waals surface area contributed by atoms with Crippen molar-refractivity contribution in [2.75, 3.05) is 0 Å². The van der Waals surface area contributed by atoms with Crippen LogP contribution in [0.3, 0.4) is 0 Å². The third-order valence-corrected chi connectivity index (χ3v) is 7.24. The van der Waals surface area contributed by atoms with Crippen molar-refractivity contribution in [3.8, 4) is 0 Å². The molecule has 0 radical (unpaired) electrons. The van der Waals surface area contributed by atoms with Gasteiger partial charge in [0.05, 0.1) is 11.7 Å². The summed E-state index contributed by atoms with van der Waals surface area (Å²) < 4.78 is 0. The molecule has 0 aromatic rings. The van der Waals surface area contributed by atoms with Crippen LogP contribution in [0, 0.1) is 5.41 Å². The maximum absolute atomic E-state index is 10.1. The molecule has 234 valence electrons. The molecule has 43 heavy (non-hydrogen) atoms. The first-order valence-corrected chi connectivity index (χ1v) is 15.2. The van der Waals surface area contributed by atoms with Crippen LogP contribution in [-0.2, 0) is 0 Å². The average molecular weight is 585 g/mol. The van der Waals surface area contributed by atoms with Crippen molar-refractivity contribution in [2.45, 2.75) is 99.9 Å². The molecule has 0 heterocycles. The Morgan fingerprint density at radius 2 is 1.12 bits per heavy atom. The molecule has 1 aliphatic carbocycles. The lowest BCUT2D eigenvalue weighted by Gasteiger charge is -2.35. The fourth-order valence-electron chi connectivity index (χ4n) is 4.62. The normalized spacial score (nSPS) is 21.3. The lowest BCUT2D eigenvalue weighted by atomic mass is 9.71. The zero-order valence-corrected chi connectivity index (χ0v) is 28.2. The molecule has 3 N–H and O–H groups in total. The molecule has 3 nitrogen and oxygen atoms in total. The Hall–Kier alpha value is -3.24. The highest BCUT2D eigenvalue weighted by atomic mass is 16.3. The van der Waals surface area contributed by atoms with E-state index in [4.69, 9.17) is 0 Å². The molecule has 3 heteroatoms. The van der Waals surface area contributed by atoms with Crippen LogP contribution in [0.1, 0.15) is 82.1 Å². The van der Waals surface area contributed by atoms with Gasteiger partial charge in [0, 0.05) is 0 Å². The van der Waals surface area contributed by atoms with Crippen LogP contribution in [0.25, 0.3) is 0 Å². The zero-order chi connectivity index (χ0) is 32.6. The molecule has 0 saturated heterocycles. The molecule has 0 aliphatic heterocycles. The number of hydrogen-bond acceptors (Lipinski definition) is 3. The maximum Gasteiger partial charge on any atom is 0.101 e. The second-order valence-corrected chi connectivity index (χ2v) is 12.9. The highest BCUT2D eigenvalue weighted by Crippen LogP contribution is 2.41. The Morgan fingerprint density at radius 1 is 0.721 bits per heavy atom. The second kappa shape index (κ2) is 18.4. The molecule has 2 unspecified atom stereocenters. The average Bonchev–Trinajstić information content (AvgIpc) is 2.88. The summed E-state index contributed by atoms with van der Waals surface area (Å²) in [6.45, 7) is 20.0. The number of hydrogen-bond donors (Lipinski definition) is 3. The van der Waals surface area contributed by atoms with Crippen LogP contribution in [0.4, 0.5) is 0 Å². The minimum atomic E-state index is -1.15. The van der Waals surface area contributed by atoms with Gasteiger partial charge in [-0.15, -0.1) is 0 Å². The van der Waals surface area contributed by atoms with Crippen molar-refractivity contribution < 1.29 is 15.3 Å². The molecule has 0 fully saturated rings. The van der Waals surface area contributed by atoms with Crippen LogP contribution in [0.2, 0.25) is 0 Å². The van der Waals surface area contributed by atoms with E-state index < -0.39 is 11.7 Å². The van der Waals surface area contributed by atoms with E-state index in [9.17, 15) is 15.3 Å². The summed E-state index contributed by atoms with van der Waals surface area (Å²) in [6, 6.07) is 0. The van der Waals surface area contributed by atoms with Crippen LogP contribution in [0.15, 0.2) is 142 Å². The van der Waals surface area contributed by atoms with E-state index in [0.717, 1.165) is 29.6 Å². The molecule has 0 spiro atoms. The quantitative estimate of drug-likeness (QED) is 0.189. The molecule has 0 aromatic carbocycles. The fourth-order valence-corrected chi connectivity index (χ4v) is 4.62. The fraction of sp³-hybridized carbons (Fsp3) is 0.400. The lowest BCUT2D eigenvalue weighted by Crippen LogP contribution is -2.34. The van der Waals surface area contributed by atoms with Crippen LogP contribution >= 0.6 is 0 Å². The summed E-state index contributed by atoms with van der Waals surface area (Å²) in [5, 5.41) is 29.8. The van der Waals surface area contributed by atoms with E-state index in [1.54, 1.807) is 19.9 Å². The van der Waals surface area contributed by atoms with Gasteiger partial charge in [0.25, 0.3) is 0 Å². The van der Waals surface area contributed by atoms with E-state index >= 15 is 0 Å². The van der Waals surface area contributed by atoms with Gasteiger partial charge in [0.15, 0.2) is 0 Å². The zero-order valence-electron chi connectivity index (χ0n) is 28.2. The van der Waals surface area contributed by atoms with E-state index in [2.05, 4.69) is 102 Å². The molecule has 1 aliphatic rings. The van der Waals surface area contributed by atoms with E-state index in [1.165, 1.54) is 22.3 Å². The third-order valence-electron chi connectivity index (χ3n) is 7.24. The first-order valence-electron chi connectivity index (χ1n) is 15.2. The lowest BCUT2D eigenvalue weighted by molar-refractivity contribution is -0.0226. The highest BCUT2D eigenvalue weighted by molar-refractivity contribution is 5.38. The van der Waals surface area contributed by atoms with Crippen molar-refractivity contribution in [1.82, 2.24) is 0 Å². The Bertz CT molecular complexity index is 1290. The predicted octanol–water partition coefficient (Wildman–Crippen LogP) is 9.68. The van der Waals surface area contributed by atoms with Gasteiger partial charge >= 0.3 is 0 Å². The topological polar surface area (TPSA) is 60.7 Å². The summed E-state index contributed by atoms with van der Waals surface area (Å²) in [4.78, 5) is 0. The van der Waals surface area contributed by atoms with Crippen LogP contribution in [-0.4, -0.2) is 33.1 Å². The van der Waals surface area contributed by atoms with E-state index in [0.29, 0.717) is 0 Å². The number of allylic oxidation sites excluding steroid dienone is 22. The smallest absolute Gasteiger partial charge is 0.101 e. The van der Waals surface area contributed by atoms with Gasteiger partial charge in [-0.25, -0.2) is 0 Å². The minimum absolute atomic E-state index is 0.00222. The first kappa shape index (κ1) is 37.8. The minimum Gasteiger partial charge on any atom is -0.393 e. The molecule has 0 saturated carbocycles. The molecule has 0 bridgehead atoms. The van der Waals surface area contributed by atoms with Crippen molar-refractivity contribution >= 4 is 0 Å². The predicted molar refractivity (Wildman–Crippen MR) is 188 cm³/mol. The maximum atomic E-state index is 10.1. The van der Waals surface area contributed by atoms with Crippen LogP contribution in [0.5, 0.6) is 0 Å². The third kappa shape index (κ3) is 16.3. The van der Waals surface area contributed by atoms with Gasteiger partial charge < -0.3 is 15.3 Å². The van der Waals surface area contributed by atoms with Crippen molar-refractivity contribution in [1.29, 1.82) is 0 Å². The highest BCUT2D eigenvalue weighted by Gasteiger charge is 2.31. The summed E-state index contributed by atoms with van der Waals surface area (Å²) in [5.74, 6) is 0.